The number of aromatic nitrogens is 3. The summed E-state index contributed by atoms with van der Waals surface area (Å²) in [6.45, 7) is 8.96. The number of aromatic amines is 1. The van der Waals surface area contributed by atoms with Crippen LogP contribution >= 0.6 is 0 Å². The number of carbonyl (C=O) groups is 1. The van der Waals surface area contributed by atoms with E-state index in [1.165, 1.54) is 6.07 Å². The lowest BCUT2D eigenvalue weighted by Gasteiger charge is -2.34. The number of benzene rings is 1. The molecule has 0 aliphatic carbocycles. The summed E-state index contributed by atoms with van der Waals surface area (Å²) in [6, 6.07) is 9.11. The molecule has 226 valence electrons. The smallest absolute Gasteiger partial charge is 0.416 e. The number of halogens is 3. The molecule has 2 N–H and O–H groups in total. The Balaban J connectivity index is 1.16. The Morgan fingerprint density at radius 3 is 2.65 bits per heavy atom. The number of pyridine rings is 2. The summed E-state index contributed by atoms with van der Waals surface area (Å²) in [5.74, 6) is 1.07. The molecule has 2 aliphatic rings. The van der Waals surface area contributed by atoms with Crippen molar-refractivity contribution in [3.63, 3.8) is 0 Å². The van der Waals surface area contributed by atoms with E-state index >= 15 is 0 Å². The molecule has 0 spiro atoms. The molecule has 0 saturated carbocycles. The lowest BCUT2D eigenvalue weighted by Crippen LogP contribution is -2.45. The predicted molar refractivity (Wildman–Crippen MR) is 157 cm³/mol. The van der Waals surface area contributed by atoms with Crippen molar-refractivity contribution < 1.29 is 22.7 Å². The maximum absolute atomic E-state index is 14.1. The van der Waals surface area contributed by atoms with Crippen molar-refractivity contribution >= 4 is 22.8 Å². The molecule has 2 aliphatic heterocycles. The number of urea groups is 1. The molecule has 1 atom stereocenters. The highest BCUT2D eigenvalue weighted by atomic mass is 19.4. The largest absolute Gasteiger partial charge is 0.455 e. The van der Waals surface area contributed by atoms with Gasteiger partial charge in [-0.2, -0.15) is 13.2 Å². The third-order valence-corrected chi connectivity index (χ3v) is 8.21. The number of nitrogens with one attached hydrogen (secondary N) is 2. The zero-order valence-corrected chi connectivity index (χ0v) is 24.1. The van der Waals surface area contributed by atoms with E-state index in [0.717, 1.165) is 55.4 Å². The number of rotatable bonds is 6. The van der Waals surface area contributed by atoms with Crippen LogP contribution in [0.15, 0.2) is 55.0 Å². The molecule has 43 heavy (non-hydrogen) atoms. The van der Waals surface area contributed by atoms with Crippen LogP contribution in [-0.2, 0) is 19.3 Å². The van der Waals surface area contributed by atoms with Crippen LogP contribution in [0, 0.1) is 0 Å². The minimum absolute atomic E-state index is 0.0675. The number of amides is 2. The van der Waals surface area contributed by atoms with Crippen LogP contribution in [0.25, 0.3) is 11.0 Å². The molecule has 6 rings (SSSR count). The van der Waals surface area contributed by atoms with E-state index in [2.05, 4.69) is 32.1 Å². The average molecular weight is 594 g/mol. The number of ether oxygens (including phenoxy) is 1. The molecule has 12 heteroatoms. The summed E-state index contributed by atoms with van der Waals surface area (Å²) in [4.78, 5) is 31.1. The fourth-order valence-electron chi connectivity index (χ4n) is 5.88. The molecule has 4 aromatic rings. The van der Waals surface area contributed by atoms with Gasteiger partial charge in [0, 0.05) is 69.8 Å². The van der Waals surface area contributed by atoms with Crippen LogP contribution in [0.2, 0.25) is 0 Å². The first kappa shape index (κ1) is 28.9. The van der Waals surface area contributed by atoms with E-state index in [1.54, 1.807) is 35.6 Å². The van der Waals surface area contributed by atoms with Crippen molar-refractivity contribution in [1.82, 2.24) is 29.7 Å². The summed E-state index contributed by atoms with van der Waals surface area (Å²) in [6.07, 6.45) is 0.558. The van der Waals surface area contributed by atoms with Crippen molar-refractivity contribution in [3.8, 4) is 11.5 Å². The molecular formula is C31H34F3N7O2. The Bertz CT molecular complexity index is 1610. The SMILES string of the molecule is CCN1CCN(Cc2ccc(NC(=O)N3Cc4cc(Oc5ccnc6[nH]ccc56)cnc4C(C)C3)cc2C(F)(F)F)CC1. The molecular weight excluding hydrogens is 559 g/mol. The van der Waals surface area contributed by atoms with E-state index in [-0.39, 0.29) is 30.3 Å². The molecule has 1 fully saturated rings. The number of fused-ring (bicyclic) bond motifs is 2. The van der Waals surface area contributed by atoms with Gasteiger partial charge in [0.25, 0.3) is 0 Å². The molecule has 1 aromatic carbocycles. The van der Waals surface area contributed by atoms with Crippen LogP contribution in [0.3, 0.4) is 0 Å². The van der Waals surface area contributed by atoms with Crippen molar-refractivity contribution in [2.75, 3.05) is 44.6 Å². The molecule has 5 heterocycles. The van der Waals surface area contributed by atoms with Gasteiger partial charge in [0.05, 0.1) is 22.8 Å². The zero-order chi connectivity index (χ0) is 30.1. The van der Waals surface area contributed by atoms with E-state index in [1.807, 2.05) is 24.0 Å². The van der Waals surface area contributed by atoms with Crippen molar-refractivity contribution in [2.45, 2.75) is 39.0 Å². The fourth-order valence-corrected chi connectivity index (χ4v) is 5.88. The Labute approximate surface area is 247 Å². The minimum atomic E-state index is -4.54. The molecule has 9 nitrogen and oxygen atoms in total. The Morgan fingerprint density at radius 1 is 1.09 bits per heavy atom. The Kier molecular flexibility index (Phi) is 7.97. The van der Waals surface area contributed by atoms with Crippen LogP contribution in [0.1, 0.15) is 42.1 Å². The highest BCUT2D eigenvalue weighted by Crippen LogP contribution is 2.36. The topological polar surface area (TPSA) is 89.6 Å². The number of nitrogens with zero attached hydrogens (tertiary/aromatic N) is 5. The first-order chi connectivity index (χ1) is 20.7. The minimum Gasteiger partial charge on any atom is -0.455 e. The van der Waals surface area contributed by atoms with E-state index < -0.39 is 17.8 Å². The molecule has 2 amide bonds. The standard InChI is InChI=1S/C31H34F3N7O2/c1-3-39-10-12-40(13-11-39)18-21-4-5-23(15-26(21)31(32,33)34)38-30(42)41-17-20(2)28-22(19-41)14-24(16-37-28)43-27-7-9-36-29-25(27)6-8-35-29/h4-9,14-16,20H,3,10-13,17-19H2,1-2H3,(H,35,36)(H,38,42). The molecule has 1 saturated heterocycles. The third-order valence-electron chi connectivity index (χ3n) is 8.21. The second-order valence-corrected chi connectivity index (χ2v) is 11.2. The maximum Gasteiger partial charge on any atom is 0.416 e. The fraction of sp³-hybridized carbons (Fsp3) is 0.387. The van der Waals surface area contributed by atoms with Gasteiger partial charge in [-0.15, -0.1) is 0 Å². The highest BCUT2D eigenvalue weighted by Gasteiger charge is 2.35. The maximum atomic E-state index is 14.1. The Morgan fingerprint density at radius 2 is 1.88 bits per heavy atom. The van der Waals surface area contributed by atoms with Crippen molar-refractivity contribution in [2.24, 2.45) is 0 Å². The summed E-state index contributed by atoms with van der Waals surface area (Å²) < 4.78 is 48.4. The number of anilines is 1. The second-order valence-electron chi connectivity index (χ2n) is 11.2. The normalized spacial score (nSPS) is 18.1. The molecule has 3 aromatic heterocycles. The van der Waals surface area contributed by atoms with E-state index in [4.69, 9.17) is 4.74 Å². The van der Waals surface area contributed by atoms with Crippen molar-refractivity contribution in [1.29, 1.82) is 0 Å². The predicted octanol–water partition coefficient (Wildman–Crippen LogP) is 6.06. The number of piperazine rings is 1. The first-order valence-corrected chi connectivity index (χ1v) is 14.5. The van der Waals surface area contributed by atoms with Gasteiger partial charge >= 0.3 is 12.2 Å². The van der Waals surface area contributed by atoms with Gasteiger partial charge in [0.15, 0.2) is 0 Å². The third kappa shape index (κ3) is 6.30. The number of hydrogen-bond donors (Lipinski definition) is 2. The summed E-state index contributed by atoms with van der Waals surface area (Å²) in [5, 5.41) is 3.53. The van der Waals surface area contributed by atoms with Gasteiger partial charge in [-0.3, -0.25) is 9.88 Å². The first-order valence-electron chi connectivity index (χ1n) is 14.5. The van der Waals surface area contributed by atoms with Gasteiger partial charge in [0.2, 0.25) is 0 Å². The quantitative estimate of drug-likeness (QED) is 0.283. The highest BCUT2D eigenvalue weighted by molar-refractivity contribution is 5.89. The number of H-pyrrole nitrogens is 1. The van der Waals surface area contributed by atoms with Gasteiger partial charge in [-0.25, -0.2) is 9.78 Å². The Hall–Kier alpha value is -4.16. The van der Waals surface area contributed by atoms with Gasteiger partial charge in [-0.05, 0) is 48.0 Å². The number of hydrogen-bond acceptors (Lipinski definition) is 6. The van der Waals surface area contributed by atoms with Crippen molar-refractivity contribution in [3.05, 3.63) is 77.4 Å². The second kappa shape index (κ2) is 11.8. The zero-order valence-electron chi connectivity index (χ0n) is 24.1. The number of alkyl halides is 3. The monoisotopic (exact) mass is 593 g/mol. The summed E-state index contributed by atoms with van der Waals surface area (Å²) >= 11 is 0. The number of carbonyl (C=O) groups excluding carboxylic acids is 1. The molecule has 1 unspecified atom stereocenters. The van der Waals surface area contributed by atoms with Gasteiger partial charge in [0.1, 0.15) is 17.1 Å². The summed E-state index contributed by atoms with van der Waals surface area (Å²) in [7, 11) is 0. The van der Waals surface area contributed by atoms with Crippen LogP contribution < -0.4 is 10.1 Å². The lowest BCUT2D eigenvalue weighted by atomic mass is 9.96. The molecule has 0 radical (unpaired) electrons. The van der Waals surface area contributed by atoms with E-state index in [9.17, 15) is 18.0 Å². The number of likely N-dealkylation sites (N-methyl/N-ethyl adjacent to an activating group) is 1. The van der Waals surface area contributed by atoms with Crippen LogP contribution in [-0.4, -0.2) is 75.0 Å². The van der Waals surface area contributed by atoms with Gasteiger partial charge < -0.3 is 24.8 Å². The van der Waals surface area contributed by atoms with E-state index in [0.29, 0.717) is 23.7 Å². The molecule has 0 bridgehead atoms. The average Bonchev–Trinajstić information content (AvgIpc) is 3.48. The summed E-state index contributed by atoms with van der Waals surface area (Å²) in [5.41, 5.74) is 1.98. The lowest BCUT2D eigenvalue weighted by molar-refractivity contribution is -0.138. The van der Waals surface area contributed by atoms with Crippen LogP contribution in [0.5, 0.6) is 11.5 Å². The van der Waals surface area contributed by atoms with Crippen LogP contribution in [0.4, 0.5) is 23.7 Å². The van der Waals surface area contributed by atoms with Gasteiger partial charge in [-0.1, -0.05) is 19.9 Å².